The van der Waals surface area contributed by atoms with Gasteiger partial charge in [-0.25, -0.2) is 9.37 Å². The Balaban J connectivity index is 2.15. The molecule has 7 heteroatoms. The van der Waals surface area contributed by atoms with Gasteiger partial charge in [0.25, 0.3) is 5.56 Å². The summed E-state index contributed by atoms with van der Waals surface area (Å²) in [5.74, 6) is -0.459. The molecule has 0 atom stereocenters. The first kappa shape index (κ1) is 13.8. The van der Waals surface area contributed by atoms with Gasteiger partial charge in [-0.15, -0.1) is 0 Å². The van der Waals surface area contributed by atoms with Crippen LogP contribution in [-0.2, 0) is 20.0 Å². The molecule has 0 unspecified atom stereocenters. The van der Waals surface area contributed by atoms with Crippen molar-refractivity contribution >= 4 is 16.7 Å². The molecule has 116 valence electrons. The van der Waals surface area contributed by atoms with E-state index in [9.17, 15) is 14.0 Å². The number of halogens is 1. The van der Waals surface area contributed by atoms with Crippen LogP contribution in [0.4, 0.5) is 4.39 Å². The van der Waals surface area contributed by atoms with Crippen LogP contribution in [0.15, 0.2) is 23.1 Å². The number of nitrogens with zero attached hydrogens (tertiary/aromatic N) is 4. The average molecular weight is 312 g/mol. The maximum absolute atomic E-state index is 13.8. The highest BCUT2D eigenvalue weighted by atomic mass is 19.1. The molecular weight excluding hydrogens is 299 g/mol. The van der Waals surface area contributed by atoms with Gasteiger partial charge in [-0.2, -0.15) is 5.10 Å². The molecule has 0 N–H and O–H groups in total. The molecule has 0 radical (unpaired) electrons. The fourth-order valence-electron chi connectivity index (χ4n) is 3.10. The van der Waals surface area contributed by atoms with Crippen molar-refractivity contribution in [3.63, 3.8) is 0 Å². The van der Waals surface area contributed by atoms with Crippen LogP contribution < -0.4 is 5.56 Å². The van der Waals surface area contributed by atoms with Crippen LogP contribution >= 0.6 is 0 Å². The zero-order chi connectivity index (χ0) is 16.3. The SMILES string of the molecule is CC(=O)c1cc(F)cc2c(=O)n3c(nc12)-c1cn(C)nc1CC3. The van der Waals surface area contributed by atoms with Gasteiger partial charge in [-0.05, 0) is 19.1 Å². The fraction of sp³-hybridized carbons (Fsp3) is 0.250. The van der Waals surface area contributed by atoms with Crippen molar-refractivity contribution in [2.24, 2.45) is 7.05 Å². The number of benzene rings is 1. The molecule has 0 amide bonds. The lowest BCUT2D eigenvalue weighted by molar-refractivity contribution is 0.101. The summed E-state index contributed by atoms with van der Waals surface area (Å²) in [5.41, 5.74) is 1.67. The molecule has 3 heterocycles. The van der Waals surface area contributed by atoms with Gasteiger partial charge in [-0.3, -0.25) is 18.8 Å². The molecule has 0 spiro atoms. The Hall–Kier alpha value is -2.83. The van der Waals surface area contributed by atoms with E-state index >= 15 is 0 Å². The molecule has 3 aromatic rings. The fourth-order valence-corrected chi connectivity index (χ4v) is 3.10. The van der Waals surface area contributed by atoms with Crippen molar-refractivity contribution in [1.29, 1.82) is 0 Å². The molecular formula is C16H13FN4O2. The summed E-state index contributed by atoms with van der Waals surface area (Å²) in [7, 11) is 1.80. The van der Waals surface area contributed by atoms with Crippen LogP contribution in [-0.4, -0.2) is 25.1 Å². The molecule has 1 aliphatic rings. The van der Waals surface area contributed by atoms with E-state index in [1.54, 1.807) is 17.9 Å². The Morgan fingerprint density at radius 3 is 2.87 bits per heavy atom. The summed E-state index contributed by atoms with van der Waals surface area (Å²) in [5, 5.41) is 4.50. The average Bonchev–Trinajstić information content (AvgIpc) is 2.88. The number of carbonyl (C=O) groups is 1. The monoisotopic (exact) mass is 312 g/mol. The van der Waals surface area contributed by atoms with Crippen LogP contribution in [0.1, 0.15) is 23.0 Å². The predicted octanol–water partition coefficient (Wildman–Crippen LogP) is 1.69. The van der Waals surface area contributed by atoms with E-state index in [0.717, 1.165) is 23.4 Å². The van der Waals surface area contributed by atoms with Gasteiger partial charge in [0.1, 0.15) is 11.6 Å². The summed E-state index contributed by atoms with van der Waals surface area (Å²) >= 11 is 0. The van der Waals surface area contributed by atoms with Gasteiger partial charge >= 0.3 is 0 Å². The van der Waals surface area contributed by atoms with Crippen molar-refractivity contribution in [3.8, 4) is 11.4 Å². The first-order valence-electron chi connectivity index (χ1n) is 7.23. The number of Topliss-reactive ketones (excluding diaryl/α,β-unsaturated/α-hetero) is 1. The molecule has 6 nitrogen and oxygen atoms in total. The van der Waals surface area contributed by atoms with E-state index in [4.69, 9.17) is 0 Å². The second-order valence-corrected chi connectivity index (χ2v) is 5.71. The summed E-state index contributed by atoms with van der Waals surface area (Å²) in [6, 6.07) is 2.27. The molecule has 2 aromatic heterocycles. The number of hydrogen-bond donors (Lipinski definition) is 0. The van der Waals surface area contributed by atoms with Crippen LogP contribution in [0.5, 0.6) is 0 Å². The first-order chi connectivity index (χ1) is 11.0. The Labute approximate surface area is 130 Å². The number of aromatic nitrogens is 4. The Kier molecular flexibility index (Phi) is 2.75. The molecule has 0 saturated heterocycles. The van der Waals surface area contributed by atoms with Crippen molar-refractivity contribution in [3.05, 3.63) is 45.8 Å². The second kappa shape index (κ2) is 4.58. The van der Waals surface area contributed by atoms with Crippen LogP contribution in [0.25, 0.3) is 22.3 Å². The summed E-state index contributed by atoms with van der Waals surface area (Å²) in [4.78, 5) is 29.1. The second-order valence-electron chi connectivity index (χ2n) is 5.71. The van der Waals surface area contributed by atoms with Gasteiger partial charge in [0.2, 0.25) is 0 Å². The van der Waals surface area contributed by atoms with Gasteiger partial charge in [0, 0.05) is 31.8 Å². The number of fused-ring (bicyclic) bond motifs is 4. The Morgan fingerprint density at radius 1 is 1.35 bits per heavy atom. The van der Waals surface area contributed by atoms with E-state index in [1.165, 1.54) is 11.5 Å². The molecule has 1 aliphatic heterocycles. The maximum Gasteiger partial charge on any atom is 0.261 e. The van der Waals surface area contributed by atoms with Crippen molar-refractivity contribution < 1.29 is 9.18 Å². The van der Waals surface area contributed by atoms with Crippen LogP contribution in [0.2, 0.25) is 0 Å². The third-order valence-electron chi connectivity index (χ3n) is 4.12. The molecule has 0 saturated carbocycles. The molecule has 0 bridgehead atoms. The van der Waals surface area contributed by atoms with Crippen LogP contribution in [0.3, 0.4) is 0 Å². The number of hydrogen-bond acceptors (Lipinski definition) is 4. The number of carbonyl (C=O) groups excluding carboxylic acids is 1. The normalized spacial score (nSPS) is 13.0. The largest absolute Gasteiger partial charge is 0.294 e. The molecule has 0 fully saturated rings. The number of aryl methyl sites for hydroxylation is 2. The zero-order valence-electron chi connectivity index (χ0n) is 12.6. The van der Waals surface area contributed by atoms with E-state index in [1.807, 2.05) is 0 Å². The standard InChI is InChI=1S/C16H13FN4O2/c1-8(22)10-5-9(17)6-11-14(10)18-15-12-7-20(2)19-13(12)3-4-21(15)16(11)23/h5-7H,3-4H2,1-2H3. The molecule has 0 aliphatic carbocycles. The maximum atomic E-state index is 13.8. The highest BCUT2D eigenvalue weighted by molar-refractivity contribution is 6.05. The van der Waals surface area contributed by atoms with Gasteiger partial charge < -0.3 is 0 Å². The van der Waals surface area contributed by atoms with Gasteiger partial charge in [0.05, 0.1) is 22.2 Å². The lowest BCUT2D eigenvalue weighted by Crippen LogP contribution is -2.28. The van der Waals surface area contributed by atoms with E-state index < -0.39 is 5.82 Å². The minimum absolute atomic E-state index is 0.122. The lowest BCUT2D eigenvalue weighted by atomic mass is 10.0. The van der Waals surface area contributed by atoms with Gasteiger partial charge in [0.15, 0.2) is 5.78 Å². The lowest BCUT2D eigenvalue weighted by Gasteiger charge is -2.18. The molecule has 4 rings (SSSR count). The number of ketones is 1. The van der Waals surface area contributed by atoms with Crippen molar-refractivity contribution in [2.45, 2.75) is 19.9 Å². The van der Waals surface area contributed by atoms with E-state index in [0.29, 0.717) is 18.8 Å². The highest BCUT2D eigenvalue weighted by Gasteiger charge is 2.24. The summed E-state index contributed by atoms with van der Waals surface area (Å²) < 4.78 is 17.0. The van der Waals surface area contributed by atoms with E-state index in [2.05, 4.69) is 10.1 Å². The third kappa shape index (κ3) is 1.93. The molecule has 23 heavy (non-hydrogen) atoms. The quantitative estimate of drug-likeness (QED) is 0.641. The molecule has 1 aromatic carbocycles. The Morgan fingerprint density at radius 2 is 2.13 bits per heavy atom. The van der Waals surface area contributed by atoms with Crippen molar-refractivity contribution in [2.75, 3.05) is 0 Å². The zero-order valence-corrected chi connectivity index (χ0v) is 12.6. The van der Waals surface area contributed by atoms with Crippen molar-refractivity contribution in [1.82, 2.24) is 19.3 Å². The summed E-state index contributed by atoms with van der Waals surface area (Å²) in [6.07, 6.45) is 2.42. The minimum atomic E-state index is -0.611. The van der Waals surface area contributed by atoms with Crippen LogP contribution in [0, 0.1) is 5.82 Å². The highest BCUT2D eigenvalue weighted by Crippen LogP contribution is 2.28. The third-order valence-corrected chi connectivity index (χ3v) is 4.12. The summed E-state index contributed by atoms with van der Waals surface area (Å²) in [6.45, 7) is 1.77. The first-order valence-corrected chi connectivity index (χ1v) is 7.23. The minimum Gasteiger partial charge on any atom is -0.294 e. The van der Waals surface area contributed by atoms with E-state index in [-0.39, 0.29) is 27.8 Å². The smallest absolute Gasteiger partial charge is 0.261 e. The number of rotatable bonds is 1. The van der Waals surface area contributed by atoms with Gasteiger partial charge in [-0.1, -0.05) is 0 Å². The Bertz CT molecular complexity index is 1050. The topological polar surface area (TPSA) is 69.8 Å². The predicted molar refractivity (Wildman–Crippen MR) is 81.9 cm³/mol.